The van der Waals surface area contributed by atoms with Crippen molar-refractivity contribution < 1.29 is 9.59 Å². The van der Waals surface area contributed by atoms with Crippen LogP contribution in [-0.4, -0.2) is 45.8 Å². The molecule has 2 fully saturated rings. The zero-order chi connectivity index (χ0) is 14.1. The van der Waals surface area contributed by atoms with Crippen LogP contribution in [0.25, 0.3) is 0 Å². The number of nitrogens with one attached hydrogen (secondary N) is 1. The largest absolute Gasteiger partial charge is 0.340 e. The minimum absolute atomic E-state index is 0.0186. The molecule has 2 aliphatic heterocycles. The zero-order valence-corrected chi connectivity index (χ0v) is 12.9. The average molecular weight is 284 g/mol. The highest BCUT2D eigenvalue weighted by Gasteiger charge is 2.46. The SMILES string of the molecule is CCC1(CC)NC(=O)CN(CC2(C)CCCS2)C1=O. The fourth-order valence-electron chi connectivity index (χ4n) is 3.13. The first-order valence-electron chi connectivity index (χ1n) is 7.19. The fraction of sp³-hybridized carbons (Fsp3) is 0.857. The quantitative estimate of drug-likeness (QED) is 0.856. The van der Waals surface area contributed by atoms with Gasteiger partial charge in [-0.25, -0.2) is 0 Å². The van der Waals surface area contributed by atoms with Gasteiger partial charge in [-0.1, -0.05) is 13.8 Å². The Kier molecular flexibility index (Phi) is 4.14. The van der Waals surface area contributed by atoms with Crippen molar-refractivity contribution in [3.63, 3.8) is 0 Å². The predicted molar refractivity (Wildman–Crippen MR) is 78.1 cm³/mol. The maximum Gasteiger partial charge on any atom is 0.248 e. The van der Waals surface area contributed by atoms with E-state index >= 15 is 0 Å². The van der Waals surface area contributed by atoms with Crippen LogP contribution in [0, 0.1) is 0 Å². The van der Waals surface area contributed by atoms with Gasteiger partial charge in [0.05, 0.1) is 6.54 Å². The first kappa shape index (κ1) is 14.7. The minimum Gasteiger partial charge on any atom is -0.340 e. The number of thioether (sulfide) groups is 1. The van der Waals surface area contributed by atoms with Crippen LogP contribution in [0.4, 0.5) is 0 Å². The van der Waals surface area contributed by atoms with Gasteiger partial charge in [-0.3, -0.25) is 9.59 Å². The number of hydrogen-bond donors (Lipinski definition) is 1. The fourth-order valence-corrected chi connectivity index (χ4v) is 4.45. The normalized spacial score (nSPS) is 30.6. The van der Waals surface area contributed by atoms with E-state index in [-0.39, 0.29) is 23.1 Å². The van der Waals surface area contributed by atoms with Crippen LogP contribution in [0.3, 0.4) is 0 Å². The van der Waals surface area contributed by atoms with Crippen LogP contribution in [0.1, 0.15) is 46.5 Å². The van der Waals surface area contributed by atoms with E-state index in [0.717, 1.165) is 12.2 Å². The molecule has 2 heterocycles. The molecular weight excluding hydrogens is 260 g/mol. The molecule has 0 radical (unpaired) electrons. The van der Waals surface area contributed by atoms with E-state index in [1.165, 1.54) is 6.42 Å². The summed E-state index contributed by atoms with van der Waals surface area (Å²) in [6, 6.07) is 0. The summed E-state index contributed by atoms with van der Waals surface area (Å²) in [5, 5.41) is 2.91. The van der Waals surface area contributed by atoms with Gasteiger partial charge in [0.1, 0.15) is 5.54 Å². The van der Waals surface area contributed by atoms with Gasteiger partial charge in [0.15, 0.2) is 0 Å². The van der Waals surface area contributed by atoms with Gasteiger partial charge >= 0.3 is 0 Å². The Morgan fingerprint density at radius 1 is 1.32 bits per heavy atom. The second-order valence-electron chi connectivity index (χ2n) is 5.90. The summed E-state index contributed by atoms with van der Waals surface area (Å²) in [4.78, 5) is 26.4. The first-order valence-corrected chi connectivity index (χ1v) is 8.17. The lowest BCUT2D eigenvalue weighted by molar-refractivity contribution is -0.150. The molecule has 1 atom stereocenters. The third kappa shape index (κ3) is 2.76. The van der Waals surface area contributed by atoms with Gasteiger partial charge < -0.3 is 10.2 Å². The number of amides is 2. The molecule has 0 spiro atoms. The van der Waals surface area contributed by atoms with E-state index in [4.69, 9.17) is 0 Å². The third-order valence-corrected chi connectivity index (χ3v) is 5.97. The second kappa shape index (κ2) is 5.35. The molecule has 0 aromatic heterocycles. The Morgan fingerprint density at radius 2 is 2.00 bits per heavy atom. The van der Waals surface area contributed by atoms with E-state index < -0.39 is 5.54 Å². The maximum absolute atomic E-state index is 12.7. The molecule has 4 nitrogen and oxygen atoms in total. The van der Waals surface area contributed by atoms with Crippen molar-refractivity contribution in [2.45, 2.75) is 56.7 Å². The van der Waals surface area contributed by atoms with E-state index in [2.05, 4.69) is 12.2 Å². The number of rotatable bonds is 4. The summed E-state index contributed by atoms with van der Waals surface area (Å²) in [5.41, 5.74) is -0.672. The highest BCUT2D eigenvalue weighted by atomic mass is 32.2. The van der Waals surface area contributed by atoms with Crippen molar-refractivity contribution in [1.82, 2.24) is 10.2 Å². The number of carbonyl (C=O) groups is 2. The monoisotopic (exact) mass is 284 g/mol. The number of carbonyl (C=O) groups excluding carboxylic acids is 2. The standard InChI is InChI=1S/C14H24N2O2S/c1-4-14(5-2)12(18)16(9-11(17)15-14)10-13(3)7-6-8-19-13/h4-10H2,1-3H3,(H,15,17). The Bertz CT molecular complexity index is 374. The molecule has 108 valence electrons. The molecule has 2 aliphatic rings. The van der Waals surface area contributed by atoms with Gasteiger partial charge in [-0.05, 0) is 38.4 Å². The summed E-state index contributed by atoms with van der Waals surface area (Å²) < 4.78 is 0.125. The predicted octanol–water partition coefficient (Wildman–Crippen LogP) is 1.79. The molecular formula is C14H24N2O2S. The third-order valence-electron chi connectivity index (χ3n) is 4.44. The molecule has 0 aliphatic carbocycles. The average Bonchev–Trinajstić information content (AvgIpc) is 2.80. The topological polar surface area (TPSA) is 49.4 Å². The van der Waals surface area contributed by atoms with E-state index in [1.807, 2.05) is 25.6 Å². The van der Waals surface area contributed by atoms with Gasteiger partial charge in [0, 0.05) is 11.3 Å². The zero-order valence-electron chi connectivity index (χ0n) is 12.1. The smallest absolute Gasteiger partial charge is 0.248 e. The van der Waals surface area contributed by atoms with Crippen molar-refractivity contribution >= 4 is 23.6 Å². The Labute approximate surface area is 119 Å². The van der Waals surface area contributed by atoms with E-state index in [9.17, 15) is 9.59 Å². The van der Waals surface area contributed by atoms with Crippen LogP contribution in [0.15, 0.2) is 0 Å². The highest BCUT2D eigenvalue weighted by Crippen LogP contribution is 2.39. The van der Waals surface area contributed by atoms with Crippen LogP contribution >= 0.6 is 11.8 Å². The molecule has 2 rings (SSSR count). The van der Waals surface area contributed by atoms with Gasteiger partial charge in [-0.2, -0.15) is 11.8 Å². The Balaban J connectivity index is 2.15. The van der Waals surface area contributed by atoms with Crippen LogP contribution < -0.4 is 5.32 Å². The van der Waals surface area contributed by atoms with E-state index in [1.54, 1.807) is 4.90 Å². The van der Waals surface area contributed by atoms with E-state index in [0.29, 0.717) is 19.4 Å². The molecule has 2 amide bonds. The minimum atomic E-state index is -0.672. The van der Waals surface area contributed by atoms with Crippen LogP contribution in [0.2, 0.25) is 0 Å². The van der Waals surface area contributed by atoms with Crippen molar-refractivity contribution in [3.05, 3.63) is 0 Å². The van der Waals surface area contributed by atoms with Crippen molar-refractivity contribution in [1.29, 1.82) is 0 Å². The van der Waals surface area contributed by atoms with Crippen molar-refractivity contribution in [2.75, 3.05) is 18.8 Å². The van der Waals surface area contributed by atoms with Gasteiger partial charge in [0.25, 0.3) is 0 Å². The lowest BCUT2D eigenvalue weighted by Crippen LogP contribution is -2.67. The molecule has 0 aromatic carbocycles. The molecule has 0 saturated carbocycles. The van der Waals surface area contributed by atoms with Crippen LogP contribution in [0.5, 0.6) is 0 Å². The lowest BCUT2D eigenvalue weighted by Gasteiger charge is -2.43. The maximum atomic E-state index is 12.7. The van der Waals surface area contributed by atoms with Crippen molar-refractivity contribution in [3.8, 4) is 0 Å². The molecule has 0 bridgehead atoms. The molecule has 1 unspecified atom stereocenters. The van der Waals surface area contributed by atoms with Crippen molar-refractivity contribution in [2.24, 2.45) is 0 Å². The molecule has 0 aromatic rings. The van der Waals surface area contributed by atoms with Gasteiger partial charge in [-0.15, -0.1) is 0 Å². The molecule has 5 heteroatoms. The Hall–Kier alpha value is -0.710. The summed E-state index contributed by atoms with van der Waals surface area (Å²) >= 11 is 1.93. The second-order valence-corrected chi connectivity index (χ2v) is 7.58. The summed E-state index contributed by atoms with van der Waals surface area (Å²) in [7, 11) is 0. The molecule has 2 saturated heterocycles. The highest BCUT2D eigenvalue weighted by molar-refractivity contribution is 8.00. The summed E-state index contributed by atoms with van der Waals surface area (Å²) in [5.74, 6) is 1.25. The number of hydrogen-bond acceptors (Lipinski definition) is 3. The molecule has 1 N–H and O–H groups in total. The molecule has 19 heavy (non-hydrogen) atoms. The lowest BCUT2D eigenvalue weighted by atomic mass is 9.88. The summed E-state index contributed by atoms with van der Waals surface area (Å²) in [6.07, 6.45) is 3.67. The van der Waals surface area contributed by atoms with Crippen LogP contribution in [-0.2, 0) is 9.59 Å². The number of nitrogens with zero attached hydrogens (tertiary/aromatic N) is 1. The Morgan fingerprint density at radius 3 is 2.53 bits per heavy atom. The van der Waals surface area contributed by atoms with Gasteiger partial charge in [0.2, 0.25) is 11.8 Å². The first-order chi connectivity index (χ1) is 8.95. The number of piperazine rings is 1. The summed E-state index contributed by atoms with van der Waals surface area (Å²) in [6.45, 7) is 7.07.